The van der Waals surface area contributed by atoms with Gasteiger partial charge >= 0.3 is 0 Å². The third-order valence-electron chi connectivity index (χ3n) is 2.65. The van der Waals surface area contributed by atoms with Gasteiger partial charge in [-0.2, -0.15) is 0 Å². The number of para-hydroxylation sites is 1. The van der Waals surface area contributed by atoms with Gasteiger partial charge in [-0.25, -0.2) is 4.39 Å². The number of aryl methyl sites for hydroxylation is 1. The number of ether oxygens (including phenoxy) is 1. The lowest BCUT2D eigenvalue weighted by atomic mass is 10.2. The second-order valence-corrected chi connectivity index (χ2v) is 4.37. The van der Waals surface area contributed by atoms with E-state index in [2.05, 4.69) is 0 Å². The average Bonchev–Trinajstić information content (AvgIpc) is 2.33. The van der Waals surface area contributed by atoms with Crippen LogP contribution in [0, 0.1) is 12.7 Å². The van der Waals surface area contributed by atoms with Crippen molar-refractivity contribution in [2.45, 2.75) is 13.5 Å². The molecule has 2 N–H and O–H groups in total. The first-order valence-electron chi connectivity index (χ1n) is 5.50. The summed E-state index contributed by atoms with van der Waals surface area (Å²) in [6, 6.07) is 10.1. The summed E-state index contributed by atoms with van der Waals surface area (Å²) >= 11 is 5.85. The standard InChI is InChI=1S/C14H13ClFNO/c1-9-4-2-7-12(17)14(9)18-8-10-5-3-6-11(16)13(10)15/h2-7H,8,17H2,1H3. The first kappa shape index (κ1) is 12.7. The molecule has 0 saturated heterocycles. The number of anilines is 1. The molecule has 18 heavy (non-hydrogen) atoms. The van der Waals surface area contributed by atoms with E-state index in [1.54, 1.807) is 18.2 Å². The molecule has 0 atom stereocenters. The molecular weight excluding hydrogens is 253 g/mol. The zero-order chi connectivity index (χ0) is 13.1. The molecule has 2 nitrogen and oxygen atoms in total. The van der Waals surface area contributed by atoms with Gasteiger partial charge < -0.3 is 10.5 Å². The summed E-state index contributed by atoms with van der Waals surface area (Å²) in [6.45, 7) is 2.09. The van der Waals surface area contributed by atoms with E-state index < -0.39 is 5.82 Å². The summed E-state index contributed by atoms with van der Waals surface area (Å²) < 4.78 is 18.9. The van der Waals surface area contributed by atoms with E-state index in [9.17, 15) is 4.39 Å². The topological polar surface area (TPSA) is 35.2 Å². The molecule has 0 aliphatic heterocycles. The summed E-state index contributed by atoms with van der Waals surface area (Å²) in [5, 5.41) is 0.0876. The van der Waals surface area contributed by atoms with Crippen LogP contribution in [0.1, 0.15) is 11.1 Å². The van der Waals surface area contributed by atoms with E-state index in [1.807, 2.05) is 19.1 Å². The Morgan fingerprint density at radius 2 is 1.94 bits per heavy atom. The maximum atomic E-state index is 13.3. The lowest BCUT2D eigenvalue weighted by molar-refractivity contribution is 0.305. The van der Waals surface area contributed by atoms with Crippen LogP contribution in [0.4, 0.5) is 10.1 Å². The van der Waals surface area contributed by atoms with E-state index in [4.69, 9.17) is 22.1 Å². The number of hydrogen-bond donors (Lipinski definition) is 1. The van der Waals surface area contributed by atoms with Gasteiger partial charge in [-0.05, 0) is 24.6 Å². The molecule has 0 aromatic heterocycles. The Labute approximate surface area is 110 Å². The fourth-order valence-electron chi connectivity index (χ4n) is 1.68. The number of hydrogen-bond acceptors (Lipinski definition) is 2. The van der Waals surface area contributed by atoms with E-state index in [1.165, 1.54) is 6.07 Å². The molecule has 0 fully saturated rings. The number of rotatable bonds is 3. The molecular formula is C14H13ClFNO. The quantitative estimate of drug-likeness (QED) is 0.853. The smallest absolute Gasteiger partial charge is 0.145 e. The largest absolute Gasteiger partial charge is 0.486 e. The number of benzene rings is 2. The minimum Gasteiger partial charge on any atom is -0.486 e. The molecule has 2 aromatic carbocycles. The average molecular weight is 266 g/mol. The zero-order valence-electron chi connectivity index (χ0n) is 9.91. The van der Waals surface area contributed by atoms with Gasteiger partial charge in [0.25, 0.3) is 0 Å². The summed E-state index contributed by atoms with van der Waals surface area (Å²) in [4.78, 5) is 0. The van der Waals surface area contributed by atoms with E-state index in [0.717, 1.165) is 5.56 Å². The Hall–Kier alpha value is -1.74. The molecule has 2 aromatic rings. The Bertz CT molecular complexity index is 551. The predicted octanol–water partition coefficient (Wildman–Crippen LogP) is 3.95. The second kappa shape index (κ2) is 5.27. The zero-order valence-corrected chi connectivity index (χ0v) is 10.7. The van der Waals surface area contributed by atoms with Crippen LogP contribution in [0.3, 0.4) is 0 Å². The van der Waals surface area contributed by atoms with Crippen LogP contribution in [0.5, 0.6) is 5.75 Å². The maximum Gasteiger partial charge on any atom is 0.145 e. The van der Waals surface area contributed by atoms with Crippen LogP contribution >= 0.6 is 11.6 Å². The van der Waals surface area contributed by atoms with Crippen LogP contribution in [0.2, 0.25) is 5.02 Å². The van der Waals surface area contributed by atoms with Crippen molar-refractivity contribution in [3.63, 3.8) is 0 Å². The highest BCUT2D eigenvalue weighted by Crippen LogP contribution is 2.28. The fourth-order valence-corrected chi connectivity index (χ4v) is 1.86. The lowest BCUT2D eigenvalue weighted by Crippen LogP contribution is -2.01. The number of nitrogen functional groups attached to an aromatic ring is 1. The van der Waals surface area contributed by atoms with Gasteiger partial charge in [0, 0.05) is 5.56 Å². The molecule has 0 amide bonds. The van der Waals surface area contributed by atoms with Crippen molar-refractivity contribution < 1.29 is 9.13 Å². The Morgan fingerprint density at radius 3 is 2.67 bits per heavy atom. The van der Waals surface area contributed by atoms with Crippen molar-refractivity contribution in [3.05, 3.63) is 58.4 Å². The van der Waals surface area contributed by atoms with Crippen molar-refractivity contribution >= 4 is 17.3 Å². The van der Waals surface area contributed by atoms with Crippen LogP contribution in [-0.4, -0.2) is 0 Å². The molecule has 2 rings (SSSR count). The SMILES string of the molecule is Cc1cccc(N)c1OCc1cccc(F)c1Cl. The predicted molar refractivity (Wildman–Crippen MR) is 71.3 cm³/mol. The molecule has 0 spiro atoms. The molecule has 0 aliphatic rings. The molecule has 0 unspecified atom stereocenters. The van der Waals surface area contributed by atoms with Crippen molar-refractivity contribution in [3.8, 4) is 5.75 Å². The van der Waals surface area contributed by atoms with Crippen LogP contribution in [-0.2, 0) is 6.61 Å². The third-order valence-corrected chi connectivity index (χ3v) is 3.07. The summed E-state index contributed by atoms with van der Waals surface area (Å²) in [5.74, 6) is 0.161. The summed E-state index contributed by atoms with van der Waals surface area (Å²) in [7, 11) is 0. The first-order valence-corrected chi connectivity index (χ1v) is 5.88. The number of nitrogens with two attached hydrogens (primary N) is 1. The first-order chi connectivity index (χ1) is 8.59. The van der Waals surface area contributed by atoms with Gasteiger partial charge in [-0.15, -0.1) is 0 Å². The monoisotopic (exact) mass is 265 g/mol. The fraction of sp³-hybridized carbons (Fsp3) is 0.143. The molecule has 0 aliphatic carbocycles. The van der Waals surface area contributed by atoms with Gasteiger partial charge in [0.05, 0.1) is 10.7 Å². The maximum absolute atomic E-state index is 13.3. The molecule has 0 bridgehead atoms. The highest BCUT2D eigenvalue weighted by atomic mass is 35.5. The van der Waals surface area contributed by atoms with Crippen LogP contribution in [0.15, 0.2) is 36.4 Å². The van der Waals surface area contributed by atoms with Crippen molar-refractivity contribution in [1.82, 2.24) is 0 Å². The van der Waals surface area contributed by atoms with Gasteiger partial charge in [0.15, 0.2) is 0 Å². The molecule has 0 saturated carbocycles. The number of halogens is 2. The highest BCUT2D eigenvalue weighted by Gasteiger charge is 2.08. The molecule has 0 radical (unpaired) electrons. The summed E-state index contributed by atoms with van der Waals surface area (Å²) in [5.41, 5.74) is 7.91. The third kappa shape index (κ3) is 2.57. The van der Waals surface area contributed by atoms with E-state index >= 15 is 0 Å². The van der Waals surface area contributed by atoms with Crippen LogP contribution in [0.25, 0.3) is 0 Å². The van der Waals surface area contributed by atoms with Gasteiger partial charge in [0.1, 0.15) is 18.2 Å². The highest BCUT2D eigenvalue weighted by molar-refractivity contribution is 6.31. The lowest BCUT2D eigenvalue weighted by Gasteiger charge is -2.12. The van der Waals surface area contributed by atoms with Gasteiger partial charge in [-0.1, -0.05) is 35.9 Å². The molecule has 4 heteroatoms. The van der Waals surface area contributed by atoms with Gasteiger partial charge in [-0.3, -0.25) is 0 Å². The normalized spacial score (nSPS) is 10.4. The minimum absolute atomic E-state index is 0.0876. The van der Waals surface area contributed by atoms with Crippen molar-refractivity contribution in [2.75, 3.05) is 5.73 Å². The van der Waals surface area contributed by atoms with Gasteiger partial charge in [0.2, 0.25) is 0 Å². The van der Waals surface area contributed by atoms with E-state index in [-0.39, 0.29) is 11.6 Å². The van der Waals surface area contributed by atoms with Crippen molar-refractivity contribution in [1.29, 1.82) is 0 Å². The minimum atomic E-state index is -0.449. The van der Waals surface area contributed by atoms with Crippen molar-refractivity contribution in [2.24, 2.45) is 0 Å². The summed E-state index contributed by atoms with van der Waals surface area (Å²) in [6.07, 6.45) is 0. The van der Waals surface area contributed by atoms with E-state index in [0.29, 0.717) is 17.0 Å². The Balaban J connectivity index is 2.19. The molecule has 94 valence electrons. The molecule has 0 heterocycles. The van der Waals surface area contributed by atoms with Crippen LogP contribution < -0.4 is 10.5 Å². The Kier molecular flexibility index (Phi) is 3.72. The Morgan fingerprint density at radius 1 is 1.22 bits per heavy atom. The second-order valence-electron chi connectivity index (χ2n) is 3.99.